The van der Waals surface area contributed by atoms with Crippen LogP contribution >= 0.6 is 12.6 Å². The first kappa shape index (κ1) is 18.1. The Morgan fingerprint density at radius 3 is 2.62 bits per heavy atom. The summed E-state index contributed by atoms with van der Waals surface area (Å²) in [5.74, 6) is 0.439. The van der Waals surface area contributed by atoms with Crippen molar-refractivity contribution in [2.24, 2.45) is 5.92 Å². The van der Waals surface area contributed by atoms with Crippen molar-refractivity contribution in [2.75, 3.05) is 0 Å². The average molecular weight is 303 g/mol. The zero-order chi connectivity index (χ0) is 15.7. The van der Waals surface area contributed by atoms with Crippen molar-refractivity contribution in [1.82, 2.24) is 0 Å². The normalized spacial score (nSPS) is 15.4. The molecule has 1 aromatic carbocycles. The van der Waals surface area contributed by atoms with Crippen LogP contribution in [-0.2, 0) is 6.42 Å². The number of hydrogen-bond donors (Lipinski definition) is 1. The second-order valence-corrected chi connectivity index (χ2v) is 6.56. The molecule has 0 aliphatic rings. The van der Waals surface area contributed by atoms with E-state index in [1.807, 2.05) is 0 Å². The Labute approximate surface area is 136 Å². The SMILES string of the molecule is C/C=C\C(/C=C(\C)CCC)[C@@H](S)CCc1ccccc1C. The Balaban J connectivity index is 2.67. The van der Waals surface area contributed by atoms with Gasteiger partial charge in [-0.05, 0) is 51.2 Å². The summed E-state index contributed by atoms with van der Waals surface area (Å²) in [6, 6.07) is 8.66. The van der Waals surface area contributed by atoms with Gasteiger partial charge in [0.2, 0.25) is 0 Å². The lowest BCUT2D eigenvalue weighted by Crippen LogP contribution is -2.12. The number of aryl methyl sites for hydroxylation is 2. The molecule has 1 heteroatoms. The number of benzene rings is 1. The highest BCUT2D eigenvalue weighted by atomic mass is 32.1. The Morgan fingerprint density at radius 2 is 2.00 bits per heavy atom. The molecule has 0 heterocycles. The number of thiol groups is 1. The molecular formula is C20H30S. The van der Waals surface area contributed by atoms with Gasteiger partial charge in [0.25, 0.3) is 0 Å². The standard InChI is InChI=1S/C20H30S/c1-5-9-16(3)15-19(10-6-2)20(21)14-13-18-12-8-7-11-17(18)4/h6-8,10-12,15,19-21H,5,9,13-14H2,1-4H3/b10-6-,16-15+/t19?,20-/m0/s1. The lowest BCUT2D eigenvalue weighted by atomic mass is 9.94. The summed E-state index contributed by atoms with van der Waals surface area (Å²) in [5, 5.41) is 0.382. The molecule has 0 bridgehead atoms. The van der Waals surface area contributed by atoms with Crippen LogP contribution in [-0.4, -0.2) is 5.25 Å². The highest BCUT2D eigenvalue weighted by molar-refractivity contribution is 7.81. The van der Waals surface area contributed by atoms with E-state index in [1.54, 1.807) is 0 Å². The fraction of sp³-hybridized carbons (Fsp3) is 0.500. The van der Waals surface area contributed by atoms with Crippen LogP contribution in [0.4, 0.5) is 0 Å². The molecule has 1 unspecified atom stereocenters. The van der Waals surface area contributed by atoms with E-state index >= 15 is 0 Å². The van der Waals surface area contributed by atoms with Crippen molar-refractivity contribution < 1.29 is 0 Å². The second kappa shape index (κ2) is 9.89. The Morgan fingerprint density at radius 1 is 1.29 bits per heavy atom. The van der Waals surface area contributed by atoms with Gasteiger partial charge in [-0.1, -0.05) is 61.4 Å². The molecule has 2 atom stereocenters. The smallest absolute Gasteiger partial charge is 0.0118 e. The molecule has 0 aliphatic carbocycles. The van der Waals surface area contributed by atoms with E-state index in [2.05, 4.69) is 70.2 Å². The van der Waals surface area contributed by atoms with E-state index in [9.17, 15) is 0 Å². The predicted molar refractivity (Wildman–Crippen MR) is 99.2 cm³/mol. The van der Waals surface area contributed by atoms with Crippen LogP contribution in [0, 0.1) is 12.8 Å². The van der Waals surface area contributed by atoms with Gasteiger partial charge >= 0.3 is 0 Å². The number of rotatable bonds is 8. The maximum absolute atomic E-state index is 4.87. The first-order valence-corrected chi connectivity index (χ1v) is 8.62. The van der Waals surface area contributed by atoms with Crippen LogP contribution in [0.2, 0.25) is 0 Å². The van der Waals surface area contributed by atoms with E-state index in [0.29, 0.717) is 11.2 Å². The van der Waals surface area contributed by atoms with Crippen molar-refractivity contribution in [3.8, 4) is 0 Å². The lowest BCUT2D eigenvalue weighted by Gasteiger charge is -2.19. The fourth-order valence-electron chi connectivity index (χ4n) is 2.71. The van der Waals surface area contributed by atoms with Crippen molar-refractivity contribution in [3.05, 3.63) is 59.2 Å². The molecule has 0 saturated heterocycles. The number of allylic oxidation sites excluding steroid dienone is 4. The Hall–Kier alpha value is -0.950. The minimum absolute atomic E-state index is 0.382. The summed E-state index contributed by atoms with van der Waals surface area (Å²) in [5.41, 5.74) is 4.32. The fourth-order valence-corrected chi connectivity index (χ4v) is 3.02. The minimum Gasteiger partial charge on any atom is -0.175 e. The summed E-state index contributed by atoms with van der Waals surface area (Å²) in [6.07, 6.45) is 11.5. The molecule has 0 N–H and O–H groups in total. The third kappa shape index (κ3) is 6.56. The number of hydrogen-bond acceptors (Lipinski definition) is 1. The molecule has 0 aliphatic heterocycles. The Bertz CT molecular complexity index is 470. The van der Waals surface area contributed by atoms with Gasteiger partial charge in [-0.3, -0.25) is 0 Å². The van der Waals surface area contributed by atoms with Crippen LogP contribution in [0.25, 0.3) is 0 Å². The van der Waals surface area contributed by atoms with E-state index in [1.165, 1.54) is 29.5 Å². The molecule has 21 heavy (non-hydrogen) atoms. The largest absolute Gasteiger partial charge is 0.175 e. The van der Waals surface area contributed by atoms with E-state index in [-0.39, 0.29) is 0 Å². The van der Waals surface area contributed by atoms with E-state index < -0.39 is 0 Å². The summed E-state index contributed by atoms with van der Waals surface area (Å²) in [6.45, 7) is 8.76. The molecular weight excluding hydrogens is 272 g/mol. The van der Waals surface area contributed by atoms with Gasteiger partial charge in [0.1, 0.15) is 0 Å². The van der Waals surface area contributed by atoms with Crippen LogP contribution < -0.4 is 0 Å². The van der Waals surface area contributed by atoms with Gasteiger partial charge < -0.3 is 0 Å². The summed E-state index contributed by atoms with van der Waals surface area (Å²) in [4.78, 5) is 0. The van der Waals surface area contributed by atoms with E-state index in [0.717, 1.165) is 12.8 Å². The van der Waals surface area contributed by atoms with Gasteiger partial charge in [0, 0.05) is 11.2 Å². The molecule has 1 aromatic rings. The molecule has 0 radical (unpaired) electrons. The van der Waals surface area contributed by atoms with E-state index in [4.69, 9.17) is 12.6 Å². The third-order valence-corrected chi connectivity index (χ3v) is 4.55. The van der Waals surface area contributed by atoms with Crippen molar-refractivity contribution in [2.45, 2.75) is 58.6 Å². The summed E-state index contributed by atoms with van der Waals surface area (Å²) < 4.78 is 0. The van der Waals surface area contributed by atoms with Crippen LogP contribution in [0.3, 0.4) is 0 Å². The zero-order valence-corrected chi connectivity index (χ0v) is 14.9. The second-order valence-electron chi connectivity index (χ2n) is 5.90. The zero-order valence-electron chi connectivity index (χ0n) is 14.0. The molecule has 116 valence electrons. The van der Waals surface area contributed by atoms with Gasteiger partial charge in [0.15, 0.2) is 0 Å². The topological polar surface area (TPSA) is 0 Å². The van der Waals surface area contributed by atoms with Gasteiger partial charge in [0.05, 0.1) is 0 Å². The lowest BCUT2D eigenvalue weighted by molar-refractivity contribution is 0.668. The maximum atomic E-state index is 4.87. The highest BCUT2D eigenvalue weighted by Crippen LogP contribution is 2.23. The first-order chi connectivity index (χ1) is 10.1. The van der Waals surface area contributed by atoms with Gasteiger partial charge in [-0.25, -0.2) is 0 Å². The van der Waals surface area contributed by atoms with Gasteiger partial charge in [-0.2, -0.15) is 12.6 Å². The molecule has 0 aromatic heterocycles. The Kier molecular flexibility index (Phi) is 8.52. The molecule has 0 saturated carbocycles. The molecule has 1 rings (SSSR count). The third-order valence-electron chi connectivity index (χ3n) is 3.95. The van der Waals surface area contributed by atoms with Crippen LogP contribution in [0.1, 0.15) is 51.2 Å². The highest BCUT2D eigenvalue weighted by Gasteiger charge is 2.13. The minimum atomic E-state index is 0.382. The average Bonchev–Trinajstić information content (AvgIpc) is 2.46. The monoisotopic (exact) mass is 302 g/mol. The molecule has 0 spiro atoms. The van der Waals surface area contributed by atoms with Gasteiger partial charge in [-0.15, -0.1) is 0 Å². The molecule has 0 amide bonds. The maximum Gasteiger partial charge on any atom is 0.0118 e. The van der Waals surface area contributed by atoms with Crippen molar-refractivity contribution in [3.63, 3.8) is 0 Å². The first-order valence-electron chi connectivity index (χ1n) is 8.11. The molecule has 0 nitrogen and oxygen atoms in total. The van der Waals surface area contributed by atoms with Crippen molar-refractivity contribution >= 4 is 12.6 Å². The van der Waals surface area contributed by atoms with Crippen LogP contribution in [0.15, 0.2) is 48.1 Å². The predicted octanol–water partition coefficient (Wildman–Crippen LogP) is 6.16. The van der Waals surface area contributed by atoms with Crippen LogP contribution in [0.5, 0.6) is 0 Å². The van der Waals surface area contributed by atoms with Crippen molar-refractivity contribution in [1.29, 1.82) is 0 Å². The summed E-state index contributed by atoms with van der Waals surface area (Å²) in [7, 11) is 0. The molecule has 0 fully saturated rings. The summed E-state index contributed by atoms with van der Waals surface area (Å²) >= 11 is 4.87. The quantitative estimate of drug-likeness (QED) is 0.431.